The summed E-state index contributed by atoms with van der Waals surface area (Å²) in [4.78, 5) is 12.3. The second kappa shape index (κ2) is 6.57. The SMILES string of the molecule is Cc1cc(OC(C)C(=O)c2ccccc2)cc(C(C)C)c1. The first kappa shape index (κ1) is 15.3. The number of aryl methyl sites for hydroxylation is 1. The first-order valence-corrected chi connectivity index (χ1v) is 7.35. The van der Waals surface area contributed by atoms with E-state index in [1.54, 1.807) is 6.92 Å². The third-order valence-corrected chi connectivity index (χ3v) is 3.48. The standard InChI is InChI=1S/C19H22O2/c1-13(2)17-10-14(3)11-18(12-17)21-15(4)19(20)16-8-6-5-7-9-16/h5-13,15H,1-4H3. The minimum absolute atomic E-state index is 0.00297. The molecule has 0 bridgehead atoms. The molecule has 0 fully saturated rings. The van der Waals surface area contributed by atoms with Crippen molar-refractivity contribution in [2.45, 2.75) is 39.7 Å². The molecular formula is C19H22O2. The van der Waals surface area contributed by atoms with Crippen LogP contribution in [0.2, 0.25) is 0 Å². The Labute approximate surface area is 126 Å². The summed E-state index contributed by atoms with van der Waals surface area (Å²) in [5, 5.41) is 0. The van der Waals surface area contributed by atoms with Crippen molar-refractivity contribution in [2.75, 3.05) is 0 Å². The van der Waals surface area contributed by atoms with Crippen molar-refractivity contribution in [3.8, 4) is 5.75 Å². The van der Waals surface area contributed by atoms with Crippen molar-refractivity contribution in [1.82, 2.24) is 0 Å². The molecule has 1 unspecified atom stereocenters. The number of Topliss-reactive ketones (excluding diaryl/α,β-unsaturated/α-hetero) is 1. The molecule has 2 rings (SSSR count). The van der Waals surface area contributed by atoms with Crippen molar-refractivity contribution in [1.29, 1.82) is 0 Å². The first-order chi connectivity index (χ1) is 9.97. The molecule has 0 aliphatic rings. The van der Waals surface area contributed by atoms with Gasteiger partial charge >= 0.3 is 0 Å². The Morgan fingerprint density at radius 1 is 1.00 bits per heavy atom. The van der Waals surface area contributed by atoms with Gasteiger partial charge in [-0.05, 0) is 43.0 Å². The molecule has 0 heterocycles. The van der Waals surface area contributed by atoms with E-state index in [1.165, 1.54) is 5.56 Å². The quantitative estimate of drug-likeness (QED) is 0.738. The van der Waals surface area contributed by atoms with Gasteiger partial charge in [0.05, 0.1) is 0 Å². The highest BCUT2D eigenvalue weighted by molar-refractivity contribution is 5.99. The van der Waals surface area contributed by atoms with Crippen LogP contribution in [0.5, 0.6) is 5.75 Å². The van der Waals surface area contributed by atoms with E-state index in [0.717, 1.165) is 11.3 Å². The number of carbonyl (C=O) groups is 1. The number of hydrogen-bond acceptors (Lipinski definition) is 2. The maximum Gasteiger partial charge on any atom is 0.202 e. The van der Waals surface area contributed by atoms with E-state index < -0.39 is 6.10 Å². The average molecular weight is 282 g/mol. The molecule has 2 heteroatoms. The van der Waals surface area contributed by atoms with E-state index in [1.807, 2.05) is 49.4 Å². The van der Waals surface area contributed by atoms with Crippen LogP contribution in [0.4, 0.5) is 0 Å². The third kappa shape index (κ3) is 3.94. The first-order valence-electron chi connectivity index (χ1n) is 7.35. The van der Waals surface area contributed by atoms with Crippen LogP contribution in [-0.4, -0.2) is 11.9 Å². The van der Waals surface area contributed by atoms with E-state index in [-0.39, 0.29) is 5.78 Å². The van der Waals surface area contributed by atoms with Gasteiger partial charge < -0.3 is 4.74 Å². The Morgan fingerprint density at radius 2 is 1.67 bits per heavy atom. The van der Waals surface area contributed by atoms with Crippen molar-refractivity contribution in [3.05, 3.63) is 65.2 Å². The molecule has 2 aromatic carbocycles. The van der Waals surface area contributed by atoms with Gasteiger partial charge in [-0.3, -0.25) is 4.79 Å². The minimum Gasteiger partial charge on any atom is -0.483 e. The van der Waals surface area contributed by atoms with Gasteiger partial charge in [-0.2, -0.15) is 0 Å². The zero-order chi connectivity index (χ0) is 15.4. The van der Waals surface area contributed by atoms with E-state index >= 15 is 0 Å². The zero-order valence-electron chi connectivity index (χ0n) is 13.1. The normalized spacial score (nSPS) is 12.2. The second-order valence-electron chi connectivity index (χ2n) is 5.72. The van der Waals surface area contributed by atoms with Gasteiger partial charge in [0.2, 0.25) is 5.78 Å². The Balaban J connectivity index is 2.16. The van der Waals surface area contributed by atoms with Crippen LogP contribution in [-0.2, 0) is 0 Å². The number of rotatable bonds is 5. The Hall–Kier alpha value is -2.09. The maximum absolute atomic E-state index is 12.3. The van der Waals surface area contributed by atoms with Gasteiger partial charge in [0, 0.05) is 5.56 Å². The zero-order valence-corrected chi connectivity index (χ0v) is 13.1. The summed E-state index contributed by atoms with van der Waals surface area (Å²) >= 11 is 0. The smallest absolute Gasteiger partial charge is 0.202 e. The summed E-state index contributed by atoms with van der Waals surface area (Å²) in [6, 6.07) is 15.4. The van der Waals surface area contributed by atoms with E-state index in [0.29, 0.717) is 11.5 Å². The van der Waals surface area contributed by atoms with Crippen LogP contribution in [0.15, 0.2) is 48.5 Å². The summed E-state index contributed by atoms with van der Waals surface area (Å²) in [5.74, 6) is 1.20. The Bertz CT molecular complexity index is 615. The van der Waals surface area contributed by atoms with Gasteiger partial charge in [0.15, 0.2) is 6.10 Å². The average Bonchev–Trinajstić information content (AvgIpc) is 2.46. The molecule has 0 spiro atoms. The number of hydrogen-bond donors (Lipinski definition) is 0. The highest BCUT2D eigenvalue weighted by atomic mass is 16.5. The molecule has 2 nitrogen and oxygen atoms in total. The lowest BCUT2D eigenvalue weighted by molar-refractivity contribution is 0.0818. The lowest BCUT2D eigenvalue weighted by atomic mass is 10.0. The predicted molar refractivity (Wildman–Crippen MR) is 86.1 cm³/mol. The molecular weight excluding hydrogens is 260 g/mol. The van der Waals surface area contributed by atoms with Crippen LogP contribution in [0.25, 0.3) is 0 Å². The molecule has 0 amide bonds. The molecule has 1 atom stereocenters. The second-order valence-corrected chi connectivity index (χ2v) is 5.72. The van der Waals surface area contributed by atoms with Gasteiger partial charge in [0.25, 0.3) is 0 Å². The monoisotopic (exact) mass is 282 g/mol. The van der Waals surface area contributed by atoms with Gasteiger partial charge in [0.1, 0.15) is 5.75 Å². The minimum atomic E-state index is -0.491. The fraction of sp³-hybridized carbons (Fsp3) is 0.316. The summed E-state index contributed by atoms with van der Waals surface area (Å²) in [6.45, 7) is 8.14. The Morgan fingerprint density at radius 3 is 2.29 bits per heavy atom. The van der Waals surface area contributed by atoms with Gasteiger partial charge in [-0.25, -0.2) is 0 Å². The molecule has 0 N–H and O–H groups in total. The molecule has 0 saturated heterocycles. The molecule has 0 saturated carbocycles. The van der Waals surface area contributed by atoms with Crippen LogP contribution in [0, 0.1) is 6.92 Å². The molecule has 0 aliphatic heterocycles. The van der Waals surface area contributed by atoms with Crippen molar-refractivity contribution >= 4 is 5.78 Å². The number of carbonyl (C=O) groups excluding carboxylic acids is 1. The van der Waals surface area contributed by atoms with Crippen molar-refractivity contribution in [2.24, 2.45) is 0 Å². The molecule has 21 heavy (non-hydrogen) atoms. The van der Waals surface area contributed by atoms with Gasteiger partial charge in [-0.15, -0.1) is 0 Å². The molecule has 110 valence electrons. The molecule has 0 aliphatic carbocycles. The fourth-order valence-electron chi connectivity index (χ4n) is 2.27. The van der Waals surface area contributed by atoms with E-state index in [4.69, 9.17) is 4.74 Å². The third-order valence-electron chi connectivity index (χ3n) is 3.48. The topological polar surface area (TPSA) is 26.3 Å². The van der Waals surface area contributed by atoms with Gasteiger partial charge in [-0.1, -0.05) is 50.2 Å². The van der Waals surface area contributed by atoms with Crippen LogP contribution in [0.3, 0.4) is 0 Å². The molecule has 0 radical (unpaired) electrons. The molecule has 2 aromatic rings. The largest absolute Gasteiger partial charge is 0.483 e. The lowest BCUT2D eigenvalue weighted by Gasteiger charge is -2.16. The van der Waals surface area contributed by atoms with Crippen LogP contribution < -0.4 is 4.74 Å². The van der Waals surface area contributed by atoms with E-state index in [2.05, 4.69) is 19.9 Å². The van der Waals surface area contributed by atoms with E-state index in [9.17, 15) is 4.79 Å². The number of ketones is 1. The number of benzene rings is 2. The van der Waals surface area contributed by atoms with Crippen molar-refractivity contribution < 1.29 is 9.53 Å². The Kier molecular flexibility index (Phi) is 4.79. The van der Waals surface area contributed by atoms with Crippen molar-refractivity contribution in [3.63, 3.8) is 0 Å². The summed E-state index contributed by atoms with van der Waals surface area (Å²) < 4.78 is 5.85. The van der Waals surface area contributed by atoms with Crippen LogP contribution in [0.1, 0.15) is 48.2 Å². The lowest BCUT2D eigenvalue weighted by Crippen LogP contribution is -2.23. The summed E-state index contributed by atoms with van der Waals surface area (Å²) in [7, 11) is 0. The molecule has 0 aromatic heterocycles. The summed E-state index contributed by atoms with van der Waals surface area (Å²) in [6.07, 6.45) is -0.491. The fourth-order valence-corrected chi connectivity index (χ4v) is 2.27. The highest BCUT2D eigenvalue weighted by Crippen LogP contribution is 2.24. The van der Waals surface area contributed by atoms with Crippen LogP contribution >= 0.6 is 0 Å². The predicted octanol–water partition coefficient (Wildman–Crippen LogP) is 4.77. The number of ether oxygens (including phenoxy) is 1. The summed E-state index contributed by atoms with van der Waals surface area (Å²) in [5.41, 5.74) is 3.06. The highest BCUT2D eigenvalue weighted by Gasteiger charge is 2.17. The maximum atomic E-state index is 12.3.